The zero-order valence-corrected chi connectivity index (χ0v) is 18.6. The Morgan fingerprint density at radius 1 is 1.17 bits per heavy atom. The predicted octanol–water partition coefficient (Wildman–Crippen LogP) is 4.57. The Morgan fingerprint density at radius 2 is 1.83 bits per heavy atom. The van der Waals surface area contributed by atoms with Crippen molar-refractivity contribution in [2.45, 2.75) is 52.7 Å². The summed E-state index contributed by atoms with van der Waals surface area (Å²) in [4.78, 5) is 14.0. The summed E-state index contributed by atoms with van der Waals surface area (Å²) >= 11 is 0. The number of esters is 1. The van der Waals surface area contributed by atoms with Crippen LogP contribution in [0.2, 0.25) is 0 Å². The van der Waals surface area contributed by atoms with E-state index in [0.717, 1.165) is 35.7 Å². The Bertz CT molecular complexity index is 818. The van der Waals surface area contributed by atoms with Gasteiger partial charge in [-0.25, -0.2) is 0 Å². The van der Waals surface area contributed by atoms with E-state index in [1.54, 1.807) is 13.8 Å². The molecular formula is C24H35NO4. The number of hydrogen-bond acceptors (Lipinski definition) is 5. The Balaban J connectivity index is 2.11. The standard InChI is InChI=1S/C24H35NO4/c1-7-8-13-25(5)17(2)22(26)20-10-9-19-15-21(12-11-18(19)14-20)29-16-24(3,4)23(27)28-6/h9-12,14-15,17,22,26H,7-8,13,16H2,1-6H3. The molecule has 0 saturated heterocycles. The molecule has 2 aromatic carbocycles. The van der Waals surface area contributed by atoms with Crippen LogP contribution in [0.15, 0.2) is 36.4 Å². The van der Waals surface area contributed by atoms with Gasteiger partial charge in [-0.15, -0.1) is 0 Å². The summed E-state index contributed by atoms with van der Waals surface area (Å²) < 4.78 is 10.7. The normalized spacial score (nSPS) is 14.1. The van der Waals surface area contributed by atoms with Crippen LogP contribution < -0.4 is 4.74 Å². The van der Waals surface area contributed by atoms with Gasteiger partial charge in [-0.2, -0.15) is 0 Å². The van der Waals surface area contributed by atoms with E-state index < -0.39 is 11.5 Å². The van der Waals surface area contributed by atoms with Gasteiger partial charge in [-0.1, -0.05) is 31.5 Å². The minimum absolute atomic E-state index is 0.0437. The van der Waals surface area contributed by atoms with Crippen LogP contribution in [0.3, 0.4) is 0 Å². The maximum absolute atomic E-state index is 11.8. The van der Waals surface area contributed by atoms with E-state index in [9.17, 15) is 9.90 Å². The van der Waals surface area contributed by atoms with E-state index >= 15 is 0 Å². The number of aliphatic hydroxyl groups excluding tert-OH is 1. The molecular weight excluding hydrogens is 366 g/mol. The van der Waals surface area contributed by atoms with E-state index in [0.29, 0.717) is 5.75 Å². The zero-order chi connectivity index (χ0) is 21.6. The number of methoxy groups -OCH3 is 1. The third-order valence-electron chi connectivity index (χ3n) is 5.53. The molecule has 0 aromatic heterocycles. The smallest absolute Gasteiger partial charge is 0.314 e. The lowest BCUT2D eigenvalue weighted by Gasteiger charge is -2.29. The average Bonchev–Trinajstić information content (AvgIpc) is 2.73. The topological polar surface area (TPSA) is 59.0 Å². The van der Waals surface area contributed by atoms with Crippen molar-refractivity contribution in [2.24, 2.45) is 5.41 Å². The van der Waals surface area contributed by atoms with Gasteiger partial charge in [0.05, 0.1) is 18.6 Å². The lowest BCUT2D eigenvalue weighted by molar-refractivity contribution is -0.152. The molecule has 0 amide bonds. The van der Waals surface area contributed by atoms with Gasteiger partial charge in [-0.05, 0) is 75.3 Å². The summed E-state index contributed by atoms with van der Waals surface area (Å²) in [5.74, 6) is 0.408. The molecule has 0 saturated carbocycles. The van der Waals surface area contributed by atoms with E-state index in [2.05, 4.69) is 25.8 Å². The molecule has 0 heterocycles. The zero-order valence-electron chi connectivity index (χ0n) is 18.6. The molecule has 2 rings (SSSR count). The average molecular weight is 402 g/mol. The van der Waals surface area contributed by atoms with Crippen LogP contribution in [0.5, 0.6) is 5.75 Å². The quantitative estimate of drug-likeness (QED) is 0.591. The molecule has 0 radical (unpaired) electrons. The fourth-order valence-corrected chi connectivity index (χ4v) is 3.25. The second kappa shape index (κ2) is 10.1. The molecule has 1 N–H and O–H groups in total. The van der Waals surface area contributed by atoms with Crippen molar-refractivity contribution < 1.29 is 19.4 Å². The Hall–Kier alpha value is -2.11. The third-order valence-corrected chi connectivity index (χ3v) is 5.53. The largest absolute Gasteiger partial charge is 0.492 e. The Kier molecular flexibility index (Phi) is 8.05. The minimum atomic E-state index is -0.711. The molecule has 5 nitrogen and oxygen atoms in total. The Labute approximate surface area is 174 Å². The molecule has 160 valence electrons. The number of nitrogens with zero attached hydrogens (tertiary/aromatic N) is 1. The van der Waals surface area contributed by atoms with Gasteiger partial charge in [0.15, 0.2) is 0 Å². The van der Waals surface area contributed by atoms with Crippen LogP contribution in [0.25, 0.3) is 10.8 Å². The second-order valence-electron chi connectivity index (χ2n) is 8.45. The highest BCUT2D eigenvalue weighted by Crippen LogP contribution is 2.28. The van der Waals surface area contributed by atoms with Crippen molar-refractivity contribution in [3.8, 4) is 5.75 Å². The van der Waals surface area contributed by atoms with Crippen molar-refractivity contribution in [1.82, 2.24) is 4.90 Å². The van der Waals surface area contributed by atoms with Crippen LogP contribution >= 0.6 is 0 Å². The summed E-state index contributed by atoms with van der Waals surface area (Å²) in [6.07, 6.45) is 1.73. The number of rotatable bonds is 10. The number of fused-ring (bicyclic) bond motifs is 1. The van der Waals surface area contributed by atoms with E-state index in [-0.39, 0.29) is 18.6 Å². The summed E-state index contributed by atoms with van der Waals surface area (Å²) in [5, 5.41) is 12.9. The van der Waals surface area contributed by atoms with E-state index in [4.69, 9.17) is 9.47 Å². The highest BCUT2D eigenvalue weighted by atomic mass is 16.5. The third kappa shape index (κ3) is 5.94. The summed E-state index contributed by atoms with van der Waals surface area (Å²) in [7, 11) is 3.44. The van der Waals surface area contributed by atoms with Gasteiger partial charge in [0.25, 0.3) is 0 Å². The highest BCUT2D eigenvalue weighted by molar-refractivity contribution is 5.84. The van der Waals surface area contributed by atoms with E-state index in [1.165, 1.54) is 7.11 Å². The number of carbonyl (C=O) groups is 1. The molecule has 2 aromatic rings. The molecule has 2 atom stereocenters. The van der Waals surface area contributed by atoms with Gasteiger partial charge in [0.2, 0.25) is 0 Å². The maximum atomic E-state index is 11.8. The second-order valence-corrected chi connectivity index (χ2v) is 8.45. The summed E-state index contributed by atoms with van der Waals surface area (Å²) in [6, 6.07) is 11.9. The fourth-order valence-electron chi connectivity index (χ4n) is 3.25. The highest BCUT2D eigenvalue weighted by Gasteiger charge is 2.29. The molecule has 0 aliphatic rings. The summed E-state index contributed by atoms with van der Waals surface area (Å²) in [5.41, 5.74) is 0.200. The van der Waals surface area contributed by atoms with Gasteiger partial charge >= 0.3 is 5.97 Å². The first-order valence-electron chi connectivity index (χ1n) is 10.3. The van der Waals surface area contributed by atoms with Crippen molar-refractivity contribution in [3.05, 3.63) is 42.0 Å². The van der Waals surface area contributed by atoms with Crippen LogP contribution in [0, 0.1) is 5.41 Å². The summed E-state index contributed by atoms with van der Waals surface area (Å²) in [6.45, 7) is 9.05. The number of hydrogen-bond donors (Lipinski definition) is 1. The lowest BCUT2D eigenvalue weighted by atomic mass is 9.95. The number of aliphatic hydroxyl groups is 1. The molecule has 0 spiro atoms. The van der Waals surface area contributed by atoms with Crippen LogP contribution in [-0.4, -0.2) is 49.3 Å². The number of unbranched alkanes of at least 4 members (excludes halogenated alkanes) is 1. The van der Waals surface area contributed by atoms with Crippen LogP contribution in [0.1, 0.15) is 52.2 Å². The number of benzene rings is 2. The number of likely N-dealkylation sites (N-methyl/N-ethyl adjacent to an activating group) is 1. The van der Waals surface area contributed by atoms with E-state index in [1.807, 2.05) is 36.4 Å². The van der Waals surface area contributed by atoms with Crippen molar-refractivity contribution in [2.75, 3.05) is 27.3 Å². The SMILES string of the molecule is CCCCN(C)C(C)C(O)c1ccc2cc(OCC(C)(C)C(=O)OC)ccc2c1. The van der Waals surface area contributed by atoms with Gasteiger partial charge in [-0.3, -0.25) is 4.79 Å². The van der Waals surface area contributed by atoms with Gasteiger partial charge in [0, 0.05) is 6.04 Å². The monoisotopic (exact) mass is 401 g/mol. The molecule has 0 fully saturated rings. The van der Waals surface area contributed by atoms with Gasteiger partial charge in [0.1, 0.15) is 12.4 Å². The lowest BCUT2D eigenvalue weighted by Crippen LogP contribution is -2.35. The van der Waals surface area contributed by atoms with Crippen LogP contribution in [-0.2, 0) is 9.53 Å². The van der Waals surface area contributed by atoms with Crippen LogP contribution in [0.4, 0.5) is 0 Å². The molecule has 0 aliphatic carbocycles. The molecule has 5 heteroatoms. The minimum Gasteiger partial charge on any atom is -0.492 e. The van der Waals surface area contributed by atoms with Crippen molar-refractivity contribution in [3.63, 3.8) is 0 Å². The van der Waals surface area contributed by atoms with Gasteiger partial charge < -0.3 is 19.5 Å². The first-order valence-corrected chi connectivity index (χ1v) is 10.3. The first kappa shape index (κ1) is 23.2. The number of ether oxygens (including phenoxy) is 2. The predicted molar refractivity (Wildman–Crippen MR) is 117 cm³/mol. The molecule has 0 aliphatic heterocycles. The fraction of sp³-hybridized carbons (Fsp3) is 0.542. The molecule has 29 heavy (non-hydrogen) atoms. The Morgan fingerprint density at radius 3 is 2.48 bits per heavy atom. The van der Waals surface area contributed by atoms with Crippen molar-refractivity contribution >= 4 is 16.7 Å². The first-order chi connectivity index (χ1) is 13.7. The number of carbonyl (C=O) groups excluding carboxylic acids is 1. The van der Waals surface area contributed by atoms with Crippen molar-refractivity contribution in [1.29, 1.82) is 0 Å². The molecule has 2 unspecified atom stereocenters. The maximum Gasteiger partial charge on any atom is 0.314 e. The molecule has 0 bridgehead atoms.